The van der Waals surface area contributed by atoms with E-state index in [1.807, 2.05) is 18.3 Å². The molecule has 2 unspecified atom stereocenters. The fourth-order valence-corrected chi connectivity index (χ4v) is 2.77. The normalized spacial score (nSPS) is 24.4. The molecule has 4 heteroatoms. The van der Waals surface area contributed by atoms with Gasteiger partial charge in [0.15, 0.2) is 0 Å². The fourth-order valence-electron chi connectivity index (χ4n) is 2.77. The Morgan fingerprint density at radius 2 is 2.29 bits per heavy atom. The van der Waals surface area contributed by atoms with Gasteiger partial charge in [0.1, 0.15) is 0 Å². The van der Waals surface area contributed by atoms with E-state index in [9.17, 15) is 0 Å². The average Bonchev–Trinajstić information content (AvgIpc) is 2.94. The molecule has 0 spiro atoms. The van der Waals surface area contributed by atoms with E-state index >= 15 is 0 Å². The van der Waals surface area contributed by atoms with Crippen LogP contribution in [0.5, 0.6) is 5.88 Å². The molecule has 3 N–H and O–H groups in total. The molecule has 0 amide bonds. The average molecular weight is 231 g/mol. The van der Waals surface area contributed by atoms with Crippen LogP contribution in [0.2, 0.25) is 0 Å². The van der Waals surface area contributed by atoms with Crippen molar-refractivity contribution >= 4 is 11.0 Å². The summed E-state index contributed by atoms with van der Waals surface area (Å²) in [6.07, 6.45) is 5.53. The van der Waals surface area contributed by atoms with Gasteiger partial charge in [0.25, 0.3) is 0 Å². The van der Waals surface area contributed by atoms with E-state index < -0.39 is 0 Å². The highest BCUT2D eigenvalue weighted by Gasteiger charge is 2.28. The van der Waals surface area contributed by atoms with Crippen LogP contribution in [0.3, 0.4) is 0 Å². The fraction of sp³-hybridized carbons (Fsp3) is 0.462. The van der Waals surface area contributed by atoms with Crippen molar-refractivity contribution < 1.29 is 4.74 Å². The molecule has 1 aliphatic rings. The molecular formula is C13H17N3O. The molecule has 0 aromatic carbocycles. The van der Waals surface area contributed by atoms with E-state index in [1.54, 1.807) is 7.11 Å². The number of aromatic nitrogens is 2. The van der Waals surface area contributed by atoms with Crippen LogP contribution in [0.4, 0.5) is 0 Å². The second-order valence-electron chi connectivity index (χ2n) is 4.70. The Morgan fingerprint density at radius 3 is 3.00 bits per heavy atom. The lowest BCUT2D eigenvalue weighted by Crippen LogP contribution is -2.22. The Balaban J connectivity index is 2.09. The summed E-state index contributed by atoms with van der Waals surface area (Å²) in [5, 5.41) is 0. The topological polar surface area (TPSA) is 63.9 Å². The van der Waals surface area contributed by atoms with Crippen LogP contribution in [-0.4, -0.2) is 23.1 Å². The number of nitrogens with one attached hydrogen (secondary N) is 1. The zero-order valence-electron chi connectivity index (χ0n) is 9.94. The van der Waals surface area contributed by atoms with E-state index in [1.165, 1.54) is 12.0 Å². The van der Waals surface area contributed by atoms with E-state index in [0.29, 0.717) is 11.8 Å². The Kier molecular flexibility index (Phi) is 2.52. The third kappa shape index (κ3) is 1.69. The number of ether oxygens (including phenoxy) is 1. The molecule has 0 aliphatic heterocycles. The molecule has 3 rings (SSSR count). The summed E-state index contributed by atoms with van der Waals surface area (Å²) in [6.45, 7) is 0. The Morgan fingerprint density at radius 1 is 1.41 bits per heavy atom. The largest absolute Gasteiger partial charge is 0.481 e. The molecule has 17 heavy (non-hydrogen) atoms. The molecule has 0 saturated heterocycles. The Bertz CT molecular complexity index is 534. The summed E-state index contributed by atoms with van der Waals surface area (Å²) in [6, 6.07) is 4.14. The zero-order valence-corrected chi connectivity index (χ0v) is 9.94. The first-order chi connectivity index (χ1) is 8.29. The van der Waals surface area contributed by atoms with Gasteiger partial charge < -0.3 is 15.5 Å². The third-order valence-electron chi connectivity index (χ3n) is 3.70. The molecular weight excluding hydrogens is 214 g/mol. The van der Waals surface area contributed by atoms with Gasteiger partial charge in [-0.3, -0.25) is 0 Å². The minimum Gasteiger partial charge on any atom is -0.481 e. The summed E-state index contributed by atoms with van der Waals surface area (Å²) in [4.78, 5) is 7.79. The zero-order chi connectivity index (χ0) is 11.8. The number of nitrogens with zero attached hydrogens (tertiary/aromatic N) is 1. The number of fused-ring (bicyclic) bond motifs is 1. The van der Waals surface area contributed by atoms with Crippen LogP contribution in [0, 0.1) is 0 Å². The molecule has 4 nitrogen and oxygen atoms in total. The molecule has 1 fully saturated rings. The van der Waals surface area contributed by atoms with Crippen molar-refractivity contribution in [1.82, 2.24) is 9.97 Å². The number of pyridine rings is 1. The number of methoxy groups -OCH3 is 1. The van der Waals surface area contributed by atoms with E-state index in [-0.39, 0.29) is 6.04 Å². The minimum atomic E-state index is 0.266. The van der Waals surface area contributed by atoms with Gasteiger partial charge in [-0.05, 0) is 18.9 Å². The van der Waals surface area contributed by atoms with E-state index in [4.69, 9.17) is 10.5 Å². The molecule has 2 aromatic heterocycles. The lowest BCUT2D eigenvalue weighted by molar-refractivity contribution is 0.399. The summed E-state index contributed by atoms with van der Waals surface area (Å²) >= 11 is 0. The second-order valence-corrected chi connectivity index (χ2v) is 4.70. The lowest BCUT2D eigenvalue weighted by atomic mass is 9.96. The van der Waals surface area contributed by atoms with Crippen LogP contribution in [-0.2, 0) is 0 Å². The Hall–Kier alpha value is -1.55. The van der Waals surface area contributed by atoms with Crippen LogP contribution in [0.25, 0.3) is 11.0 Å². The van der Waals surface area contributed by atoms with Gasteiger partial charge >= 0.3 is 0 Å². The summed E-state index contributed by atoms with van der Waals surface area (Å²) in [7, 11) is 1.64. The van der Waals surface area contributed by atoms with Gasteiger partial charge in [0.2, 0.25) is 5.88 Å². The van der Waals surface area contributed by atoms with Crippen LogP contribution < -0.4 is 10.5 Å². The standard InChI is InChI=1S/C13H17N3O/c1-17-12-6-5-11-13(16-12)9(7-15-11)8-3-2-4-10(8)14/h5-8,10,15H,2-4,14H2,1H3. The summed E-state index contributed by atoms with van der Waals surface area (Å²) in [5.74, 6) is 1.09. The third-order valence-corrected chi connectivity index (χ3v) is 3.70. The quantitative estimate of drug-likeness (QED) is 0.832. The minimum absolute atomic E-state index is 0.266. The number of H-pyrrole nitrogens is 1. The summed E-state index contributed by atoms with van der Waals surface area (Å²) < 4.78 is 5.18. The molecule has 90 valence electrons. The first-order valence-corrected chi connectivity index (χ1v) is 6.07. The molecule has 1 aliphatic carbocycles. The van der Waals surface area contributed by atoms with Crippen molar-refractivity contribution in [1.29, 1.82) is 0 Å². The number of nitrogens with two attached hydrogens (primary N) is 1. The van der Waals surface area contributed by atoms with Crippen LogP contribution in [0.15, 0.2) is 18.3 Å². The van der Waals surface area contributed by atoms with Crippen molar-refractivity contribution in [2.24, 2.45) is 5.73 Å². The van der Waals surface area contributed by atoms with Gasteiger partial charge in [0, 0.05) is 29.8 Å². The van der Waals surface area contributed by atoms with E-state index in [2.05, 4.69) is 9.97 Å². The first-order valence-electron chi connectivity index (χ1n) is 6.07. The van der Waals surface area contributed by atoms with Gasteiger partial charge in [-0.2, -0.15) is 0 Å². The maximum absolute atomic E-state index is 6.16. The van der Waals surface area contributed by atoms with Crippen molar-refractivity contribution in [3.63, 3.8) is 0 Å². The molecule has 0 radical (unpaired) electrons. The van der Waals surface area contributed by atoms with Gasteiger partial charge in [-0.25, -0.2) is 4.98 Å². The Labute approximate surface area is 100 Å². The number of hydrogen-bond donors (Lipinski definition) is 2. The smallest absolute Gasteiger partial charge is 0.213 e. The van der Waals surface area contributed by atoms with Crippen molar-refractivity contribution in [2.45, 2.75) is 31.2 Å². The lowest BCUT2D eigenvalue weighted by Gasteiger charge is -2.13. The molecule has 2 atom stereocenters. The highest BCUT2D eigenvalue weighted by Crippen LogP contribution is 2.36. The highest BCUT2D eigenvalue weighted by atomic mass is 16.5. The predicted molar refractivity (Wildman–Crippen MR) is 67.2 cm³/mol. The van der Waals surface area contributed by atoms with Crippen molar-refractivity contribution in [3.8, 4) is 5.88 Å². The molecule has 2 aromatic rings. The first kappa shape index (κ1) is 10.6. The van der Waals surface area contributed by atoms with Crippen molar-refractivity contribution in [3.05, 3.63) is 23.9 Å². The number of aromatic amines is 1. The SMILES string of the molecule is COc1ccc2[nH]cc(C3CCCC3N)c2n1. The van der Waals surface area contributed by atoms with Gasteiger partial charge in [-0.1, -0.05) is 6.42 Å². The maximum atomic E-state index is 6.16. The molecule has 1 saturated carbocycles. The van der Waals surface area contributed by atoms with Crippen molar-refractivity contribution in [2.75, 3.05) is 7.11 Å². The molecule has 0 bridgehead atoms. The number of hydrogen-bond acceptors (Lipinski definition) is 3. The van der Waals surface area contributed by atoms with Gasteiger partial charge in [-0.15, -0.1) is 0 Å². The summed E-state index contributed by atoms with van der Waals surface area (Å²) in [5.41, 5.74) is 9.46. The van der Waals surface area contributed by atoms with Crippen LogP contribution >= 0.6 is 0 Å². The van der Waals surface area contributed by atoms with E-state index in [0.717, 1.165) is 23.9 Å². The highest BCUT2D eigenvalue weighted by molar-refractivity contribution is 5.80. The maximum Gasteiger partial charge on any atom is 0.213 e. The monoisotopic (exact) mass is 231 g/mol. The van der Waals surface area contributed by atoms with Crippen LogP contribution in [0.1, 0.15) is 30.7 Å². The molecule has 2 heterocycles. The second kappa shape index (κ2) is 4.04. The number of rotatable bonds is 2. The predicted octanol–water partition coefficient (Wildman–Crippen LogP) is 2.17. The van der Waals surface area contributed by atoms with Gasteiger partial charge in [0.05, 0.1) is 18.1 Å².